The second kappa shape index (κ2) is 6.44. The maximum atomic E-state index is 6.40. The van der Waals surface area contributed by atoms with Gasteiger partial charge in [-0.1, -0.05) is 58.0 Å². The molecule has 0 fully saturated rings. The standard InChI is InChI=1S/C18H27N3/c1-14(18(2,3)4)12-21-13-20-11-17(21)16(19)10-15-8-6-5-7-9-15/h5-9,11,13-14,16H,10,12,19H2,1-4H3/t14?,16-/m1/s1. The zero-order valence-corrected chi connectivity index (χ0v) is 13.6. The summed E-state index contributed by atoms with van der Waals surface area (Å²) in [6, 6.07) is 10.4. The Kier molecular flexibility index (Phi) is 4.84. The molecule has 1 aromatic carbocycles. The summed E-state index contributed by atoms with van der Waals surface area (Å²) in [6.07, 6.45) is 4.65. The Morgan fingerprint density at radius 1 is 1.19 bits per heavy atom. The van der Waals surface area contributed by atoms with Gasteiger partial charge in [0.2, 0.25) is 0 Å². The summed E-state index contributed by atoms with van der Waals surface area (Å²) in [5.41, 5.74) is 9.06. The van der Waals surface area contributed by atoms with Gasteiger partial charge in [0.1, 0.15) is 0 Å². The Bertz CT molecular complexity index is 551. The first-order valence-electron chi connectivity index (χ1n) is 7.67. The molecule has 3 heteroatoms. The van der Waals surface area contributed by atoms with Crippen LogP contribution in [0.15, 0.2) is 42.9 Å². The van der Waals surface area contributed by atoms with Gasteiger partial charge >= 0.3 is 0 Å². The molecule has 0 aliphatic carbocycles. The van der Waals surface area contributed by atoms with Crippen LogP contribution in [0.5, 0.6) is 0 Å². The Morgan fingerprint density at radius 3 is 2.48 bits per heavy atom. The number of rotatable bonds is 5. The highest BCUT2D eigenvalue weighted by Gasteiger charge is 2.22. The zero-order chi connectivity index (χ0) is 15.5. The van der Waals surface area contributed by atoms with E-state index in [4.69, 9.17) is 5.73 Å². The first-order valence-corrected chi connectivity index (χ1v) is 7.67. The highest BCUT2D eigenvalue weighted by Crippen LogP contribution is 2.28. The molecule has 1 heterocycles. The topological polar surface area (TPSA) is 43.8 Å². The van der Waals surface area contributed by atoms with Crippen molar-refractivity contribution in [3.63, 3.8) is 0 Å². The summed E-state index contributed by atoms with van der Waals surface area (Å²) in [5.74, 6) is 0.564. The Morgan fingerprint density at radius 2 is 1.86 bits per heavy atom. The van der Waals surface area contributed by atoms with E-state index in [-0.39, 0.29) is 11.5 Å². The van der Waals surface area contributed by atoms with Gasteiger partial charge < -0.3 is 10.3 Å². The van der Waals surface area contributed by atoms with Crippen molar-refractivity contribution in [2.24, 2.45) is 17.1 Å². The average Bonchev–Trinajstić information content (AvgIpc) is 2.87. The van der Waals surface area contributed by atoms with E-state index >= 15 is 0 Å². The van der Waals surface area contributed by atoms with E-state index in [1.165, 1.54) is 5.56 Å². The molecule has 0 saturated carbocycles. The van der Waals surface area contributed by atoms with Crippen molar-refractivity contribution in [2.45, 2.75) is 46.7 Å². The van der Waals surface area contributed by atoms with Crippen LogP contribution in [0.2, 0.25) is 0 Å². The van der Waals surface area contributed by atoms with Crippen molar-refractivity contribution in [1.29, 1.82) is 0 Å². The molecule has 0 spiro atoms. The predicted octanol–water partition coefficient (Wildman–Crippen LogP) is 3.81. The van der Waals surface area contributed by atoms with Crippen molar-refractivity contribution in [3.8, 4) is 0 Å². The average molecular weight is 285 g/mol. The molecule has 0 amide bonds. The fourth-order valence-electron chi connectivity index (χ4n) is 2.33. The summed E-state index contributed by atoms with van der Waals surface area (Å²) >= 11 is 0. The first-order chi connectivity index (χ1) is 9.88. The van der Waals surface area contributed by atoms with E-state index in [2.05, 4.69) is 61.5 Å². The van der Waals surface area contributed by atoms with E-state index in [9.17, 15) is 0 Å². The molecule has 2 rings (SSSR count). The van der Waals surface area contributed by atoms with E-state index in [1.807, 2.05) is 18.6 Å². The van der Waals surface area contributed by atoms with Crippen LogP contribution in [-0.2, 0) is 13.0 Å². The molecular weight excluding hydrogens is 258 g/mol. The van der Waals surface area contributed by atoms with E-state index < -0.39 is 0 Å². The normalized spacial score (nSPS) is 14.9. The highest BCUT2D eigenvalue weighted by atomic mass is 15.1. The van der Waals surface area contributed by atoms with E-state index in [0.29, 0.717) is 5.92 Å². The van der Waals surface area contributed by atoms with Gasteiger partial charge in [-0.05, 0) is 23.3 Å². The van der Waals surface area contributed by atoms with E-state index in [0.717, 1.165) is 18.7 Å². The minimum Gasteiger partial charge on any atom is -0.333 e. The maximum absolute atomic E-state index is 6.40. The fourth-order valence-corrected chi connectivity index (χ4v) is 2.33. The quantitative estimate of drug-likeness (QED) is 0.908. The molecule has 0 bridgehead atoms. The van der Waals surface area contributed by atoms with Gasteiger partial charge in [-0.2, -0.15) is 0 Å². The van der Waals surface area contributed by atoms with Crippen molar-refractivity contribution in [3.05, 3.63) is 54.1 Å². The molecule has 114 valence electrons. The smallest absolute Gasteiger partial charge is 0.0948 e. The Labute approximate surface area is 128 Å². The van der Waals surface area contributed by atoms with Crippen LogP contribution in [0, 0.1) is 11.3 Å². The van der Waals surface area contributed by atoms with Crippen LogP contribution in [-0.4, -0.2) is 9.55 Å². The van der Waals surface area contributed by atoms with Gasteiger partial charge in [0, 0.05) is 12.7 Å². The van der Waals surface area contributed by atoms with Crippen LogP contribution >= 0.6 is 0 Å². The minimum atomic E-state index is -0.0120. The molecule has 21 heavy (non-hydrogen) atoms. The molecule has 0 radical (unpaired) electrons. The second-order valence-corrected chi connectivity index (χ2v) is 7.03. The third-order valence-electron chi connectivity index (χ3n) is 4.37. The van der Waals surface area contributed by atoms with Gasteiger partial charge in [0.05, 0.1) is 18.1 Å². The number of hydrogen-bond donors (Lipinski definition) is 1. The summed E-state index contributed by atoms with van der Waals surface area (Å²) in [4.78, 5) is 4.30. The number of nitrogens with zero attached hydrogens (tertiary/aromatic N) is 2. The third kappa shape index (κ3) is 4.18. The van der Waals surface area contributed by atoms with Crippen molar-refractivity contribution >= 4 is 0 Å². The van der Waals surface area contributed by atoms with Gasteiger partial charge in [-0.3, -0.25) is 0 Å². The lowest BCUT2D eigenvalue weighted by Gasteiger charge is -2.28. The number of nitrogens with two attached hydrogens (primary N) is 1. The number of aromatic nitrogens is 2. The van der Waals surface area contributed by atoms with Crippen LogP contribution in [0.25, 0.3) is 0 Å². The van der Waals surface area contributed by atoms with Crippen LogP contribution in [0.1, 0.15) is 45.0 Å². The van der Waals surface area contributed by atoms with Gasteiger partial charge in [0.15, 0.2) is 0 Å². The minimum absolute atomic E-state index is 0.0120. The monoisotopic (exact) mass is 285 g/mol. The molecule has 0 saturated heterocycles. The largest absolute Gasteiger partial charge is 0.333 e. The SMILES string of the molecule is CC(Cn1cncc1[C@H](N)Cc1ccccc1)C(C)(C)C. The summed E-state index contributed by atoms with van der Waals surface area (Å²) < 4.78 is 2.21. The molecule has 2 aromatic rings. The molecule has 2 N–H and O–H groups in total. The van der Waals surface area contributed by atoms with Gasteiger partial charge in [0.25, 0.3) is 0 Å². The number of hydrogen-bond acceptors (Lipinski definition) is 2. The molecular formula is C18H27N3. The summed E-state index contributed by atoms with van der Waals surface area (Å²) in [7, 11) is 0. The highest BCUT2D eigenvalue weighted by molar-refractivity contribution is 5.18. The molecule has 3 nitrogen and oxygen atoms in total. The van der Waals surface area contributed by atoms with Crippen molar-refractivity contribution < 1.29 is 0 Å². The lowest BCUT2D eigenvalue weighted by atomic mass is 9.82. The third-order valence-corrected chi connectivity index (χ3v) is 4.37. The van der Waals surface area contributed by atoms with Gasteiger partial charge in [-0.15, -0.1) is 0 Å². The van der Waals surface area contributed by atoms with E-state index in [1.54, 1.807) is 0 Å². The fraction of sp³-hybridized carbons (Fsp3) is 0.500. The molecule has 0 aliphatic heterocycles. The van der Waals surface area contributed by atoms with Crippen LogP contribution in [0.3, 0.4) is 0 Å². The second-order valence-electron chi connectivity index (χ2n) is 7.03. The molecule has 1 aromatic heterocycles. The lowest BCUT2D eigenvalue weighted by molar-refractivity contribution is 0.230. The van der Waals surface area contributed by atoms with Crippen LogP contribution < -0.4 is 5.73 Å². The maximum Gasteiger partial charge on any atom is 0.0948 e. The molecule has 0 aliphatic rings. The number of benzene rings is 1. The van der Waals surface area contributed by atoms with Crippen LogP contribution in [0.4, 0.5) is 0 Å². The summed E-state index contributed by atoms with van der Waals surface area (Å²) in [5, 5.41) is 0. The Balaban J connectivity index is 2.09. The van der Waals surface area contributed by atoms with Crippen molar-refractivity contribution in [1.82, 2.24) is 9.55 Å². The molecule has 2 atom stereocenters. The Hall–Kier alpha value is -1.61. The first kappa shape index (κ1) is 15.8. The predicted molar refractivity (Wildman–Crippen MR) is 87.9 cm³/mol. The van der Waals surface area contributed by atoms with Gasteiger partial charge in [-0.25, -0.2) is 4.98 Å². The number of imidazole rings is 1. The zero-order valence-electron chi connectivity index (χ0n) is 13.6. The summed E-state index contributed by atoms with van der Waals surface area (Å²) in [6.45, 7) is 10.1. The lowest BCUT2D eigenvalue weighted by Crippen LogP contribution is -2.25. The van der Waals surface area contributed by atoms with Crippen molar-refractivity contribution in [2.75, 3.05) is 0 Å². The molecule has 1 unspecified atom stereocenters.